The topological polar surface area (TPSA) is 95.7 Å². The van der Waals surface area contributed by atoms with Gasteiger partial charge in [-0.2, -0.15) is 0 Å². The van der Waals surface area contributed by atoms with E-state index >= 15 is 0 Å². The number of rotatable bonds is 5. The van der Waals surface area contributed by atoms with Crippen LogP contribution in [0.2, 0.25) is 0 Å². The van der Waals surface area contributed by atoms with Crippen molar-refractivity contribution in [2.45, 2.75) is 26.4 Å². The number of carbonyl (C=O) groups excluding carboxylic acids is 2. The molecule has 9 heteroatoms. The van der Waals surface area contributed by atoms with Gasteiger partial charge in [0, 0.05) is 0 Å². The van der Waals surface area contributed by atoms with Crippen LogP contribution in [0, 0.1) is 15.9 Å². The van der Waals surface area contributed by atoms with E-state index in [2.05, 4.69) is 4.74 Å². The summed E-state index contributed by atoms with van der Waals surface area (Å²) in [5, 5.41) is 11.0. The number of nitro benzene ring substituents is 1. The molecule has 0 aliphatic heterocycles. The zero-order chi connectivity index (χ0) is 18.5. The summed E-state index contributed by atoms with van der Waals surface area (Å²) < 4.78 is 22.5. The zero-order valence-corrected chi connectivity index (χ0v) is 15.7. The third-order valence-electron chi connectivity index (χ3n) is 2.53. The molecular formula is C15H17AsFNO6. The minimum atomic E-state index is -1.76. The van der Waals surface area contributed by atoms with Crippen molar-refractivity contribution in [1.82, 2.24) is 0 Å². The summed E-state index contributed by atoms with van der Waals surface area (Å²) in [7, 11) is 1.12. The Morgan fingerprint density at radius 3 is 2.46 bits per heavy atom. The molecule has 7 nitrogen and oxygen atoms in total. The van der Waals surface area contributed by atoms with Gasteiger partial charge in [0.05, 0.1) is 0 Å². The van der Waals surface area contributed by atoms with Crippen LogP contribution in [0.25, 0.3) is 6.08 Å². The zero-order valence-electron chi connectivity index (χ0n) is 13.6. The summed E-state index contributed by atoms with van der Waals surface area (Å²) in [5.74, 6) is -1.51. The van der Waals surface area contributed by atoms with E-state index in [1.54, 1.807) is 20.8 Å². The number of carbonyl (C=O) groups is 2. The molecule has 0 spiro atoms. The molecule has 24 heavy (non-hydrogen) atoms. The molecule has 0 amide bonds. The standard InChI is InChI=1S/C15H17AsFNO6/c1-15(2,3)24-14(20)16-11(13(19)23-4)8-9-7-10(17)5-6-12(9)18(21)22/h5-8,16H,1-4H3. The average molecular weight is 401 g/mol. The molecule has 1 rings (SSSR count). The molecule has 1 aromatic rings. The fraction of sp³-hybridized carbons (Fsp3) is 0.333. The first-order valence-electron chi connectivity index (χ1n) is 6.77. The maximum absolute atomic E-state index is 13.4. The first-order valence-corrected chi connectivity index (χ1v) is 8.87. The van der Waals surface area contributed by atoms with Crippen LogP contribution in [-0.2, 0) is 14.3 Å². The van der Waals surface area contributed by atoms with E-state index < -0.39 is 42.8 Å². The second-order valence-corrected chi connectivity index (χ2v) is 8.15. The van der Waals surface area contributed by atoms with Crippen molar-refractivity contribution in [3.05, 3.63) is 44.1 Å². The van der Waals surface area contributed by atoms with Crippen molar-refractivity contribution >= 4 is 38.2 Å². The molecule has 0 N–H and O–H groups in total. The Balaban J connectivity index is 3.24. The fourth-order valence-corrected chi connectivity index (χ4v) is 3.75. The van der Waals surface area contributed by atoms with Crippen LogP contribution in [0.4, 0.5) is 14.9 Å². The van der Waals surface area contributed by atoms with Crippen LogP contribution < -0.4 is 0 Å². The summed E-state index contributed by atoms with van der Waals surface area (Å²) in [6, 6.07) is 2.85. The molecule has 1 unspecified atom stereocenters. The summed E-state index contributed by atoms with van der Waals surface area (Å²) >= 11 is -1.76. The molecule has 1 atom stereocenters. The number of benzene rings is 1. The van der Waals surface area contributed by atoms with Gasteiger partial charge in [0.2, 0.25) is 0 Å². The molecule has 0 heterocycles. The van der Waals surface area contributed by atoms with Gasteiger partial charge < -0.3 is 0 Å². The van der Waals surface area contributed by atoms with Crippen molar-refractivity contribution in [2.24, 2.45) is 0 Å². The summed E-state index contributed by atoms with van der Waals surface area (Å²) in [4.78, 5) is 34.1. The van der Waals surface area contributed by atoms with Gasteiger partial charge in [-0.1, -0.05) is 0 Å². The summed E-state index contributed by atoms with van der Waals surface area (Å²) in [6.45, 7) is 5.03. The Hall–Kier alpha value is -2.21. The summed E-state index contributed by atoms with van der Waals surface area (Å²) in [5.41, 5.74) is -1.23. The second-order valence-electron chi connectivity index (χ2n) is 5.64. The molecule has 0 radical (unpaired) electrons. The van der Waals surface area contributed by atoms with Gasteiger partial charge in [0.1, 0.15) is 0 Å². The van der Waals surface area contributed by atoms with Crippen LogP contribution in [0.15, 0.2) is 22.6 Å². The van der Waals surface area contributed by atoms with E-state index in [1.807, 2.05) is 0 Å². The maximum atomic E-state index is 13.4. The van der Waals surface area contributed by atoms with Crippen LogP contribution in [0.5, 0.6) is 0 Å². The number of hydrogen-bond acceptors (Lipinski definition) is 6. The molecule has 0 fully saturated rings. The number of halogens is 1. The first-order chi connectivity index (χ1) is 11.0. The van der Waals surface area contributed by atoms with Crippen LogP contribution >= 0.6 is 0 Å². The van der Waals surface area contributed by atoms with Gasteiger partial charge in [0.25, 0.3) is 0 Å². The fourth-order valence-electron chi connectivity index (χ4n) is 1.63. The predicted molar refractivity (Wildman–Crippen MR) is 86.4 cm³/mol. The predicted octanol–water partition coefficient (Wildman–Crippen LogP) is 2.62. The molecule has 0 saturated heterocycles. The molecule has 130 valence electrons. The van der Waals surface area contributed by atoms with E-state index in [-0.39, 0.29) is 15.6 Å². The quantitative estimate of drug-likeness (QED) is 0.248. The van der Waals surface area contributed by atoms with Crippen molar-refractivity contribution < 1.29 is 28.4 Å². The van der Waals surface area contributed by atoms with Crippen molar-refractivity contribution in [1.29, 1.82) is 0 Å². The SMILES string of the molecule is COC(=O)C(=Cc1cc(F)ccc1[N+](=O)[O-])[AsH]C(=O)OC(C)(C)C. The van der Waals surface area contributed by atoms with Crippen molar-refractivity contribution in [3.63, 3.8) is 0 Å². The number of nitrogens with zero attached hydrogens (tertiary/aromatic N) is 1. The Kier molecular flexibility index (Phi) is 6.66. The van der Waals surface area contributed by atoms with Gasteiger partial charge >= 0.3 is 144 Å². The average Bonchev–Trinajstić information content (AvgIpc) is 2.43. The number of ether oxygens (including phenoxy) is 2. The van der Waals surface area contributed by atoms with Crippen molar-refractivity contribution in [3.8, 4) is 0 Å². The van der Waals surface area contributed by atoms with Gasteiger partial charge in [-0.25, -0.2) is 0 Å². The van der Waals surface area contributed by atoms with E-state index in [0.29, 0.717) is 0 Å². The second kappa shape index (κ2) is 8.06. The number of hydrogen-bond donors (Lipinski definition) is 0. The third-order valence-corrected chi connectivity index (χ3v) is 4.47. The molecule has 0 aromatic heterocycles. The number of esters is 1. The molecule has 1 aromatic carbocycles. The molecular weight excluding hydrogens is 384 g/mol. The normalized spacial score (nSPS) is 12.3. The van der Waals surface area contributed by atoms with Gasteiger partial charge in [-0.3, -0.25) is 0 Å². The van der Waals surface area contributed by atoms with E-state index in [9.17, 15) is 24.1 Å². The number of nitro groups is 1. The molecule has 0 bridgehead atoms. The van der Waals surface area contributed by atoms with Crippen LogP contribution in [0.3, 0.4) is 0 Å². The Labute approximate surface area is 144 Å². The monoisotopic (exact) mass is 401 g/mol. The Morgan fingerprint density at radius 1 is 1.33 bits per heavy atom. The van der Waals surface area contributed by atoms with E-state index in [0.717, 1.165) is 31.4 Å². The van der Waals surface area contributed by atoms with Crippen molar-refractivity contribution in [2.75, 3.05) is 7.11 Å². The number of methoxy groups -OCH3 is 1. The van der Waals surface area contributed by atoms with Gasteiger partial charge in [0.15, 0.2) is 0 Å². The Bertz CT molecular complexity index is 696. The molecule has 0 saturated carbocycles. The van der Waals surface area contributed by atoms with E-state index in [1.165, 1.54) is 0 Å². The van der Waals surface area contributed by atoms with Crippen LogP contribution in [-0.4, -0.2) is 44.1 Å². The van der Waals surface area contributed by atoms with Crippen LogP contribution in [0.1, 0.15) is 26.3 Å². The third kappa shape index (κ3) is 6.12. The molecule has 0 aliphatic rings. The van der Waals surface area contributed by atoms with Gasteiger partial charge in [-0.15, -0.1) is 0 Å². The summed E-state index contributed by atoms with van der Waals surface area (Å²) in [6.07, 6.45) is 1.11. The molecule has 0 aliphatic carbocycles. The van der Waals surface area contributed by atoms with Gasteiger partial charge in [-0.05, 0) is 0 Å². The Morgan fingerprint density at radius 2 is 1.96 bits per heavy atom. The first kappa shape index (κ1) is 19.8. The van der Waals surface area contributed by atoms with E-state index in [4.69, 9.17) is 4.74 Å². The minimum absolute atomic E-state index is 0.0551.